The summed E-state index contributed by atoms with van der Waals surface area (Å²) in [5, 5.41) is 12.1. The van der Waals surface area contributed by atoms with Crippen LogP contribution in [-0.2, 0) is 9.59 Å². The fourth-order valence-electron chi connectivity index (χ4n) is 2.85. The minimum atomic E-state index is -0.899. The lowest BCUT2D eigenvalue weighted by Crippen LogP contribution is -2.54. The van der Waals surface area contributed by atoms with Crippen LogP contribution in [0.15, 0.2) is 48.0 Å². The first-order valence-electron chi connectivity index (χ1n) is 9.05. The molecule has 1 saturated heterocycles. The maximum atomic E-state index is 13.1. The highest BCUT2D eigenvalue weighted by molar-refractivity contribution is 6.39. The zero-order chi connectivity index (χ0) is 21.0. The lowest BCUT2D eigenvalue weighted by molar-refractivity contribution is -0.122. The van der Waals surface area contributed by atoms with Gasteiger partial charge in [-0.1, -0.05) is 18.2 Å². The smallest absolute Gasteiger partial charge is 0.336 e. The Hall–Kier alpha value is -3.81. The van der Waals surface area contributed by atoms with Crippen molar-refractivity contribution < 1.29 is 29.0 Å². The third-order valence-electron chi connectivity index (χ3n) is 4.12. The molecule has 0 bridgehead atoms. The molecule has 8 heteroatoms. The zero-order valence-electron chi connectivity index (χ0n) is 16.0. The number of phenols is 1. The Bertz CT molecular complexity index is 998. The summed E-state index contributed by atoms with van der Waals surface area (Å²) in [6.07, 6.45) is 1.24. The van der Waals surface area contributed by atoms with Crippen LogP contribution < -0.4 is 19.7 Å². The van der Waals surface area contributed by atoms with Crippen LogP contribution >= 0.6 is 0 Å². The summed E-state index contributed by atoms with van der Waals surface area (Å²) in [5.74, 6) is -1.06. The molecule has 1 heterocycles. The van der Waals surface area contributed by atoms with Gasteiger partial charge in [0.2, 0.25) is 0 Å². The fraction of sp³-hybridized carbons (Fsp3) is 0.190. The maximum Gasteiger partial charge on any atom is 0.336 e. The molecular weight excluding hydrogens is 376 g/mol. The first-order valence-corrected chi connectivity index (χ1v) is 9.05. The Morgan fingerprint density at radius 2 is 1.76 bits per heavy atom. The third-order valence-corrected chi connectivity index (χ3v) is 4.12. The molecule has 0 saturated carbocycles. The average Bonchev–Trinajstić information content (AvgIpc) is 2.68. The molecule has 1 fully saturated rings. The number of ether oxygens (including phenoxy) is 2. The van der Waals surface area contributed by atoms with Gasteiger partial charge < -0.3 is 14.6 Å². The topological polar surface area (TPSA) is 105 Å². The van der Waals surface area contributed by atoms with Gasteiger partial charge in [0.05, 0.1) is 18.9 Å². The number of hydrogen-bond donors (Lipinski definition) is 2. The number of phenolic OH excluding ortho intramolecular Hbond substituents is 1. The lowest BCUT2D eigenvalue weighted by atomic mass is 10.1. The maximum absolute atomic E-state index is 13.1. The van der Waals surface area contributed by atoms with Crippen LogP contribution in [0.3, 0.4) is 0 Å². The number of urea groups is 1. The summed E-state index contributed by atoms with van der Waals surface area (Å²) in [4.78, 5) is 38.7. The van der Waals surface area contributed by atoms with Crippen LogP contribution in [0.4, 0.5) is 10.5 Å². The molecular formula is C21H20N2O6. The Morgan fingerprint density at radius 1 is 1.03 bits per heavy atom. The van der Waals surface area contributed by atoms with E-state index >= 15 is 0 Å². The Kier molecular flexibility index (Phi) is 5.82. The van der Waals surface area contributed by atoms with Gasteiger partial charge in [-0.3, -0.25) is 14.9 Å². The van der Waals surface area contributed by atoms with E-state index in [-0.39, 0.29) is 28.3 Å². The predicted octanol–water partition coefficient (Wildman–Crippen LogP) is 2.86. The Morgan fingerprint density at radius 3 is 2.45 bits per heavy atom. The van der Waals surface area contributed by atoms with Gasteiger partial charge in [0, 0.05) is 11.6 Å². The van der Waals surface area contributed by atoms with Gasteiger partial charge in [-0.2, -0.15) is 0 Å². The molecule has 3 rings (SSSR count). The fourth-order valence-corrected chi connectivity index (χ4v) is 2.85. The number of para-hydroxylation sites is 1. The van der Waals surface area contributed by atoms with Gasteiger partial charge >= 0.3 is 6.03 Å². The predicted molar refractivity (Wildman–Crippen MR) is 106 cm³/mol. The first-order chi connectivity index (χ1) is 14.0. The van der Waals surface area contributed by atoms with Crippen molar-refractivity contribution in [2.45, 2.75) is 13.8 Å². The van der Waals surface area contributed by atoms with Crippen LogP contribution in [0.5, 0.6) is 17.2 Å². The second-order valence-corrected chi connectivity index (χ2v) is 6.01. The number of amides is 4. The van der Waals surface area contributed by atoms with E-state index in [2.05, 4.69) is 5.32 Å². The molecule has 150 valence electrons. The van der Waals surface area contributed by atoms with E-state index in [0.29, 0.717) is 19.0 Å². The number of rotatable bonds is 6. The number of carbonyl (C=O) groups excluding carboxylic acids is 3. The molecule has 2 aromatic carbocycles. The summed E-state index contributed by atoms with van der Waals surface area (Å²) in [6, 6.07) is 10.1. The number of hydrogen-bond acceptors (Lipinski definition) is 6. The molecule has 0 radical (unpaired) electrons. The van der Waals surface area contributed by atoms with Crippen LogP contribution in [0, 0.1) is 0 Å². The molecule has 29 heavy (non-hydrogen) atoms. The minimum Gasteiger partial charge on any atom is -0.507 e. The van der Waals surface area contributed by atoms with Crippen molar-refractivity contribution in [3.63, 3.8) is 0 Å². The molecule has 0 atom stereocenters. The zero-order valence-corrected chi connectivity index (χ0v) is 16.0. The van der Waals surface area contributed by atoms with Crippen molar-refractivity contribution >= 4 is 29.6 Å². The van der Waals surface area contributed by atoms with Crippen molar-refractivity contribution in [3.8, 4) is 17.2 Å². The molecule has 0 aromatic heterocycles. The molecule has 1 aliphatic rings. The van der Waals surface area contributed by atoms with E-state index in [1.165, 1.54) is 18.2 Å². The van der Waals surface area contributed by atoms with E-state index in [1.54, 1.807) is 44.2 Å². The third kappa shape index (κ3) is 4.06. The van der Waals surface area contributed by atoms with Crippen LogP contribution in [0.1, 0.15) is 19.4 Å². The Balaban J connectivity index is 2.08. The highest BCUT2D eigenvalue weighted by Gasteiger charge is 2.38. The van der Waals surface area contributed by atoms with E-state index in [9.17, 15) is 19.5 Å². The van der Waals surface area contributed by atoms with Crippen LogP contribution in [-0.4, -0.2) is 36.2 Å². The second kappa shape index (κ2) is 8.47. The number of carbonyl (C=O) groups is 3. The number of barbiturate groups is 1. The van der Waals surface area contributed by atoms with Gasteiger partial charge in [-0.05, 0) is 38.1 Å². The SMILES string of the molecule is CCOc1ccc(OCC)c(N2C(=O)NC(=O)/C(=C\c3ccccc3O)C2=O)c1. The largest absolute Gasteiger partial charge is 0.507 e. The number of anilines is 1. The molecule has 8 nitrogen and oxygen atoms in total. The normalized spacial score (nSPS) is 15.4. The highest BCUT2D eigenvalue weighted by atomic mass is 16.5. The van der Waals surface area contributed by atoms with Crippen molar-refractivity contribution in [1.82, 2.24) is 5.32 Å². The van der Waals surface area contributed by atoms with E-state index < -0.39 is 17.8 Å². The molecule has 2 N–H and O–H groups in total. The highest BCUT2D eigenvalue weighted by Crippen LogP contribution is 2.35. The quantitative estimate of drug-likeness (QED) is 0.575. The molecule has 4 amide bonds. The summed E-state index contributed by atoms with van der Waals surface area (Å²) in [6.45, 7) is 4.28. The molecule has 0 aliphatic carbocycles. The van der Waals surface area contributed by atoms with Gasteiger partial charge in [-0.25, -0.2) is 9.69 Å². The van der Waals surface area contributed by atoms with Gasteiger partial charge in [0.15, 0.2) is 0 Å². The van der Waals surface area contributed by atoms with Crippen molar-refractivity contribution in [3.05, 3.63) is 53.6 Å². The van der Waals surface area contributed by atoms with Crippen LogP contribution in [0.25, 0.3) is 6.08 Å². The monoisotopic (exact) mass is 396 g/mol. The number of imide groups is 2. The molecule has 2 aromatic rings. The molecule has 0 spiro atoms. The summed E-state index contributed by atoms with van der Waals surface area (Å²) in [7, 11) is 0. The first kappa shape index (κ1) is 19.9. The number of nitrogens with zero attached hydrogens (tertiary/aromatic N) is 1. The van der Waals surface area contributed by atoms with Crippen molar-refractivity contribution in [2.24, 2.45) is 0 Å². The van der Waals surface area contributed by atoms with E-state index in [1.807, 2.05) is 0 Å². The number of benzene rings is 2. The number of aromatic hydroxyl groups is 1. The standard InChI is InChI=1S/C21H20N2O6/c1-3-28-14-9-10-18(29-4-2)16(12-14)23-20(26)15(19(25)22-21(23)27)11-13-7-5-6-8-17(13)24/h5-12,24H,3-4H2,1-2H3,(H,22,25,27)/b15-11+. The average molecular weight is 396 g/mol. The van der Waals surface area contributed by atoms with E-state index in [0.717, 1.165) is 4.90 Å². The second-order valence-electron chi connectivity index (χ2n) is 6.01. The molecule has 1 aliphatic heterocycles. The summed E-state index contributed by atoms with van der Waals surface area (Å²) < 4.78 is 11.0. The van der Waals surface area contributed by atoms with Crippen molar-refractivity contribution in [2.75, 3.05) is 18.1 Å². The van der Waals surface area contributed by atoms with Crippen molar-refractivity contribution in [1.29, 1.82) is 0 Å². The number of nitrogens with one attached hydrogen (secondary N) is 1. The lowest BCUT2D eigenvalue weighted by Gasteiger charge is -2.28. The molecule has 0 unspecified atom stereocenters. The Labute approximate surface area is 167 Å². The van der Waals surface area contributed by atoms with E-state index in [4.69, 9.17) is 9.47 Å². The summed E-state index contributed by atoms with van der Waals surface area (Å²) in [5.41, 5.74) is 0.125. The van der Waals surface area contributed by atoms with Gasteiger partial charge in [0.25, 0.3) is 11.8 Å². The minimum absolute atomic E-state index is 0.0996. The van der Waals surface area contributed by atoms with Gasteiger partial charge in [-0.15, -0.1) is 0 Å². The summed E-state index contributed by atoms with van der Waals surface area (Å²) >= 11 is 0. The van der Waals surface area contributed by atoms with Gasteiger partial charge in [0.1, 0.15) is 22.8 Å². The van der Waals surface area contributed by atoms with Crippen LogP contribution in [0.2, 0.25) is 0 Å².